The largest absolute Gasteiger partial charge is 0.390 e. The Morgan fingerprint density at radius 1 is 1.47 bits per heavy atom. The fourth-order valence-electron chi connectivity index (χ4n) is 2.10. The van der Waals surface area contributed by atoms with Crippen LogP contribution in [0.2, 0.25) is 0 Å². The van der Waals surface area contributed by atoms with Crippen LogP contribution in [0.3, 0.4) is 0 Å². The van der Waals surface area contributed by atoms with Gasteiger partial charge in [-0.05, 0) is 19.5 Å². The van der Waals surface area contributed by atoms with Gasteiger partial charge in [0.15, 0.2) is 0 Å². The molecule has 0 saturated carbocycles. The molecule has 1 aromatic rings. The molecular formula is C10H18N4O. The highest BCUT2D eigenvalue weighted by molar-refractivity contribution is 4.91. The Hall–Kier alpha value is -0.910. The molecule has 1 aliphatic heterocycles. The summed E-state index contributed by atoms with van der Waals surface area (Å²) < 4.78 is 1.98. The van der Waals surface area contributed by atoms with E-state index in [1.165, 1.54) is 0 Å². The number of hydrogen-bond donors (Lipinski definition) is 2. The number of nitrogens with two attached hydrogens (primary N) is 1. The Labute approximate surface area is 89.5 Å². The second-order valence-electron chi connectivity index (χ2n) is 4.05. The van der Waals surface area contributed by atoms with E-state index in [4.69, 9.17) is 5.73 Å². The van der Waals surface area contributed by atoms with Gasteiger partial charge < -0.3 is 15.4 Å². The van der Waals surface area contributed by atoms with Crippen LogP contribution in [-0.2, 0) is 0 Å². The molecule has 0 aliphatic carbocycles. The zero-order valence-electron chi connectivity index (χ0n) is 8.79. The number of aromatic nitrogens is 2. The summed E-state index contributed by atoms with van der Waals surface area (Å²) in [5.41, 5.74) is 5.47. The van der Waals surface area contributed by atoms with Gasteiger partial charge in [0.2, 0.25) is 0 Å². The highest BCUT2D eigenvalue weighted by Crippen LogP contribution is 2.21. The summed E-state index contributed by atoms with van der Waals surface area (Å²) in [6.07, 6.45) is 6.11. The predicted octanol–water partition coefficient (Wildman–Crippen LogP) is -0.550. The van der Waals surface area contributed by atoms with Gasteiger partial charge in [-0.2, -0.15) is 0 Å². The van der Waals surface area contributed by atoms with Crippen molar-refractivity contribution in [2.45, 2.75) is 18.6 Å². The van der Waals surface area contributed by atoms with E-state index in [0.717, 1.165) is 26.1 Å². The maximum absolute atomic E-state index is 9.91. The molecule has 2 heterocycles. The number of imidazole rings is 1. The van der Waals surface area contributed by atoms with Gasteiger partial charge in [-0.25, -0.2) is 4.98 Å². The maximum atomic E-state index is 9.91. The highest BCUT2D eigenvalue weighted by Gasteiger charge is 2.31. The lowest BCUT2D eigenvalue weighted by Gasteiger charge is -2.15. The van der Waals surface area contributed by atoms with Crippen LogP contribution in [0.25, 0.3) is 0 Å². The summed E-state index contributed by atoms with van der Waals surface area (Å²) in [5.74, 6) is 0. The molecule has 15 heavy (non-hydrogen) atoms. The van der Waals surface area contributed by atoms with E-state index in [1.54, 1.807) is 12.5 Å². The fourth-order valence-corrected chi connectivity index (χ4v) is 2.10. The predicted molar refractivity (Wildman–Crippen MR) is 57.4 cm³/mol. The van der Waals surface area contributed by atoms with Crippen molar-refractivity contribution < 1.29 is 5.11 Å². The van der Waals surface area contributed by atoms with Gasteiger partial charge in [0, 0.05) is 25.5 Å². The first-order valence-corrected chi connectivity index (χ1v) is 5.39. The van der Waals surface area contributed by atoms with Crippen molar-refractivity contribution in [2.24, 2.45) is 5.73 Å². The lowest BCUT2D eigenvalue weighted by molar-refractivity contribution is 0.144. The Balaban J connectivity index is 1.93. The second-order valence-corrected chi connectivity index (χ2v) is 4.05. The van der Waals surface area contributed by atoms with Crippen LogP contribution in [0.15, 0.2) is 18.7 Å². The van der Waals surface area contributed by atoms with Gasteiger partial charge in [-0.15, -0.1) is 0 Å². The Bertz CT molecular complexity index is 288. The van der Waals surface area contributed by atoms with E-state index in [0.29, 0.717) is 6.54 Å². The van der Waals surface area contributed by atoms with Crippen LogP contribution in [0.5, 0.6) is 0 Å². The molecule has 0 aromatic carbocycles. The summed E-state index contributed by atoms with van der Waals surface area (Å²) in [6, 6.07) is 0.144. The average Bonchev–Trinajstić information content (AvgIpc) is 2.83. The molecule has 5 nitrogen and oxygen atoms in total. The maximum Gasteiger partial charge on any atom is 0.0949 e. The fraction of sp³-hybridized carbons (Fsp3) is 0.700. The smallest absolute Gasteiger partial charge is 0.0949 e. The topological polar surface area (TPSA) is 67.3 Å². The molecule has 1 saturated heterocycles. The number of aliphatic hydroxyl groups is 1. The van der Waals surface area contributed by atoms with Gasteiger partial charge in [0.25, 0.3) is 0 Å². The Morgan fingerprint density at radius 3 is 3.00 bits per heavy atom. The van der Waals surface area contributed by atoms with Crippen molar-refractivity contribution >= 4 is 0 Å². The van der Waals surface area contributed by atoms with E-state index < -0.39 is 0 Å². The van der Waals surface area contributed by atoms with Crippen LogP contribution in [-0.4, -0.2) is 51.8 Å². The monoisotopic (exact) mass is 210 g/mol. The Morgan fingerprint density at radius 2 is 2.33 bits per heavy atom. The molecule has 3 N–H and O–H groups in total. The minimum absolute atomic E-state index is 0.144. The number of aliphatic hydroxyl groups excluding tert-OH is 1. The van der Waals surface area contributed by atoms with Crippen molar-refractivity contribution in [2.75, 3.05) is 26.2 Å². The van der Waals surface area contributed by atoms with E-state index >= 15 is 0 Å². The highest BCUT2D eigenvalue weighted by atomic mass is 16.3. The van der Waals surface area contributed by atoms with Crippen LogP contribution < -0.4 is 5.73 Å². The quantitative estimate of drug-likeness (QED) is 0.699. The molecule has 84 valence electrons. The summed E-state index contributed by atoms with van der Waals surface area (Å²) in [6.45, 7) is 3.31. The number of nitrogens with zero attached hydrogens (tertiary/aromatic N) is 3. The molecule has 0 bridgehead atoms. The van der Waals surface area contributed by atoms with Crippen molar-refractivity contribution in [3.05, 3.63) is 18.7 Å². The second kappa shape index (κ2) is 4.74. The summed E-state index contributed by atoms with van der Waals surface area (Å²) in [4.78, 5) is 6.25. The lowest BCUT2D eigenvalue weighted by Crippen LogP contribution is -2.24. The van der Waals surface area contributed by atoms with Gasteiger partial charge in [0.05, 0.1) is 18.5 Å². The van der Waals surface area contributed by atoms with Crippen LogP contribution >= 0.6 is 0 Å². The summed E-state index contributed by atoms with van der Waals surface area (Å²) in [7, 11) is 0. The SMILES string of the molecule is NCCCN1C[C@@H](O)[C@H](n2ccnc2)C1. The van der Waals surface area contributed by atoms with Crippen molar-refractivity contribution in [3.8, 4) is 0 Å². The minimum Gasteiger partial charge on any atom is -0.390 e. The normalized spacial score (nSPS) is 27.3. The minimum atomic E-state index is -0.294. The van der Waals surface area contributed by atoms with Gasteiger partial charge in [-0.3, -0.25) is 4.90 Å². The molecular weight excluding hydrogens is 192 g/mol. The third kappa shape index (κ3) is 2.37. The van der Waals surface area contributed by atoms with Crippen molar-refractivity contribution in [1.29, 1.82) is 0 Å². The first kappa shape index (κ1) is 10.6. The summed E-state index contributed by atoms with van der Waals surface area (Å²) in [5, 5.41) is 9.91. The number of likely N-dealkylation sites (tertiary alicyclic amines) is 1. The molecule has 2 atom stereocenters. The number of rotatable bonds is 4. The number of hydrogen-bond acceptors (Lipinski definition) is 4. The molecule has 0 amide bonds. The van der Waals surface area contributed by atoms with Crippen LogP contribution in [0.1, 0.15) is 12.5 Å². The first-order chi connectivity index (χ1) is 7.31. The lowest BCUT2D eigenvalue weighted by atomic mass is 10.2. The van der Waals surface area contributed by atoms with E-state index in [2.05, 4.69) is 9.88 Å². The van der Waals surface area contributed by atoms with Crippen molar-refractivity contribution in [3.63, 3.8) is 0 Å². The zero-order valence-corrected chi connectivity index (χ0v) is 8.79. The van der Waals surface area contributed by atoms with Gasteiger partial charge in [0.1, 0.15) is 0 Å². The first-order valence-electron chi connectivity index (χ1n) is 5.39. The zero-order chi connectivity index (χ0) is 10.7. The van der Waals surface area contributed by atoms with E-state index in [-0.39, 0.29) is 12.1 Å². The van der Waals surface area contributed by atoms with Crippen LogP contribution in [0.4, 0.5) is 0 Å². The third-order valence-corrected chi connectivity index (χ3v) is 2.92. The molecule has 0 unspecified atom stereocenters. The van der Waals surface area contributed by atoms with Crippen LogP contribution in [0, 0.1) is 0 Å². The molecule has 1 aliphatic rings. The molecule has 1 fully saturated rings. The van der Waals surface area contributed by atoms with Crippen molar-refractivity contribution in [1.82, 2.24) is 14.5 Å². The molecule has 1 aromatic heterocycles. The molecule has 2 rings (SSSR count). The van der Waals surface area contributed by atoms with Gasteiger partial charge in [-0.1, -0.05) is 0 Å². The molecule has 0 spiro atoms. The van der Waals surface area contributed by atoms with E-state index in [9.17, 15) is 5.11 Å². The van der Waals surface area contributed by atoms with Gasteiger partial charge >= 0.3 is 0 Å². The van der Waals surface area contributed by atoms with E-state index in [1.807, 2.05) is 10.8 Å². The average molecular weight is 210 g/mol. The third-order valence-electron chi connectivity index (χ3n) is 2.92. The Kier molecular flexibility index (Phi) is 3.35. The molecule has 0 radical (unpaired) electrons. The number of β-amino-alcohol motifs (C(OH)–C–C–N with tert-alkyl or cyclic N) is 1. The molecule has 5 heteroatoms. The standard InChI is InChI=1S/C10H18N4O/c11-2-1-4-13-6-9(10(15)7-13)14-5-3-12-8-14/h3,5,8-10,15H,1-2,4,6-7,11H2/t9-,10-/m1/s1. The summed E-state index contributed by atoms with van der Waals surface area (Å²) >= 11 is 0.